The lowest BCUT2D eigenvalue weighted by molar-refractivity contribution is -0.140. The number of benzene rings is 3. The van der Waals surface area contributed by atoms with Gasteiger partial charge in [-0.25, -0.2) is 8.42 Å². The molecule has 0 unspecified atom stereocenters. The maximum Gasteiger partial charge on any atom is 0.264 e. The lowest BCUT2D eigenvalue weighted by Gasteiger charge is -2.34. The number of nitrogens with one attached hydrogen (secondary N) is 1. The minimum absolute atomic E-state index is 0.0169. The van der Waals surface area contributed by atoms with Gasteiger partial charge in [0.1, 0.15) is 12.6 Å². The Morgan fingerprint density at radius 1 is 0.930 bits per heavy atom. The summed E-state index contributed by atoms with van der Waals surface area (Å²) < 4.78 is 40.0. The fraction of sp³-hybridized carbons (Fsp3) is 0.375. The average Bonchev–Trinajstić information content (AvgIpc) is 3.00. The summed E-state index contributed by atoms with van der Waals surface area (Å²) >= 11 is 6.46. The summed E-state index contributed by atoms with van der Waals surface area (Å²) in [5.74, 6) is -0.284. The van der Waals surface area contributed by atoms with Gasteiger partial charge in [-0.3, -0.25) is 13.9 Å². The monoisotopic (exact) mass is 629 g/mol. The molecule has 0 radical (unpaired) electrons. The number of sulfonamides is 1. The van der Waals surface area contributed by atoms with Crippen LogP contribution in [-0.4, -0.2) is 58.0 Å². The number of ether oxygens (including phenoxy) is 2. The third kappa shape index (κ3) is 8.20. The van der Waals surface area contributed by atoms with Crippen molar-refractivity contribution in [2.24, 2.45) is 0 Å². The highest BCUT2D eigenvalue weighted by molar-refractivity contribution is 7.92. The maximum absolute atomic E-state index is 14.2. The molecule has 3 aromatic carbocycles. The first kappa shape index (κ1) is 33.7. The van der Waals surface area contributed by atoms with E-state index in [0.29, 0.717) is 34.9 Å². The molecule has 0 aromatic heterocycles. The van der Waals surface area contributed by atoms with E-state index in [2.05, 4.69) is 5.32 Å². The van der Waals surface area contributed by atoms with Crippen LogP contribution in [0.2, 0.25) is 5.02 Å². The van der Waals surface area contributed by atoms with Gasteiger partial charge in [-0.15, -0.1) is 0 Å². The van der Waals surface area contributed by atoms with E-state index < -0.39 is 28.5 Å². The van der Waals surface area contributed by atoms with Crippen molar-refractivity contribution < 1.29 is 27.5 Å². The molecule has 0 fully saturated rings. The molecule has 0 aliphatic carbocycles. The van der Waals surface area contributed by atoms with Gasteiger partial charge in [-0.05, 0) is 62.6 Å². The lowest BCUT2D eigenvalue weighted by atomic mass is 10.1. The molecule has 0 spiro atoms. The molecule has 232 valence electrons. The summed E-state index contributed by atoms with van der Waals surface area (Å²) in [5.41, 5.74) is 1.85. The largest absolute Gasteiger partial charge is 0.493 e. The SMILES string of the molecule is CC[C@H](C(=O)N[C@@H](C)CC)N(Cc1ccccc1Cl)C(=O)CN(c1ccc(C)cc1)S(=O)(=O)c1ccc(OC)c(OC)c1. The second-order valence-corrected chi connectivity index (χ2v) is 12.5. The molecule has 0 saturated heterocycles. The van der Waals surface area contributed by atoms with Gasteiger partial charge in [0.25, 0.3) is 10.0 Å². The number of hydrogen-bond acceptors (Lipinski definition) is 6. The van der Waals surface area contributed by atoms with Crippen molar-refractivity contribution in [3.05, 3.63) is 82.9 Å². The molecule has 3 rings (SSSR count). The molecule has 2 amide bonds. The van der Waals surface area contributed by atoms with Gasteiger partial charge in [-0.2, -0.15) is 0 Å². The Kier molecular flexibility index (Phi) is 11.9. The predicted molar refractivity (Wildman–Crippen MR) is 169 cm³/mol. The molecule has 11 heteroatoms. The molecular formula is C32H40ClN3O6S. The number of hydrogen-bond donors (Lipinski definition) is 1. The van der Waals surface area contributed by atoms with Gasteiger partial charge in [0.15, 0.2) is 11.5 Å². The number of rotatable bonds is 14. The van der Waals surface area contributed by atoms with E-state index in [0.717, 1.165) is 9.87 Å². The minimum Gasteiger partial charge on any atom is -0.493 e. The second kappa shape index (κ2) is 15.1. The van der Waals surface area contributed by atoms with E-state index in [4.69, 9.17) is 21.1 Å². The van der Waals surface area contributed by atoms with Crippen LogP contribution in [0.5, 0.6) is 11.5 Å². The van der Waals surface area contributed by atoms with Crippen LogP contribution in [0.15, 0.2) is 71.6 Å². The Bertz CT molecular complexity index is 1510. The third-order valence-corrected chi connectivity index (χ3v) is 9.37. The van der Waals surface area contributed by atoms with Crippen molar-refractivity contribution in [3.63, 3.8) is 0 Å². The van der Waals surface area contributed by atoms with E-state index in [1.165, 1.54) is 37.3 Å². The fourth-order valence-corrected chi connectivity index (χ4v) is 6.14. The zero-order valence-corrected chi connectivity index (χ0v) is 27.0. The molecule has 2 atom stereocenters. The first-order valence-corrected chi connectivity index (χ1v) is 15.9. The standard InChI is InChI=1S/C32H40ClN3O6S/c1-7-23(4)34-32(38)28(8-2)35(20-24-11-9-10-12-27(24)33)31(37)21-36(25-15-13-22(3)14-16-25)43(39,40)26-17-18-29(41-5)30(19-26)42-6/h9-19,23,28H,7-8,20-21H2,1-6H3,(H,34,38)/t23-,28+/m0/s1. The summed E-state index contributed by atoms with van der Waals surface area (Å²) in [6.07, 6.45) is 1.02. The quantitative estimate of drug-likeness (QED) is 0.250. The summed E-state index contributed by atoms with van der Waals surface area (Å²) in [6.45, 7) is 7.00. The van der Waals surface area contributed by atoms with E-state index in [1.807, 2.05) is 27.7 Å². The number of halogens is 1. The Morgan fingerprint density at radius 2 is 1.58 bits per heavy atom. The van der Waals surface area contributed by atoms with Crippen LogP contribution in [0.25, 0.3) is 0 Å². The van der Waals surface area contributed by atoms with Gasteiger partial charge >= 0.3 is 0 Å². The summed E-state index contributed by atoms with van der Waals surface area (Å²) in [7, 11) is -1.42. The van der Waals surface area contributed by atoms with Crippen LogP contribution in [0.3, 0.4) is 0 Å². The highest BCUT2D eigenvalue weighted by Crippen LogP contribution is 2.32. The van der Waals surface area contributed by atoms with Gasteiger partial charge in [-0.1, -0.05) is 61.3 Å². The number of anilines is 1. The molecule has 3 aromatic rings. The van der Waals surface area contributed by atoms with Gasteiger partial charge < -0.3 is 19.7 Å². The van der Waals surface area contributed by atoms with Crippen LogP contribution in [0.4, 0.5) is 5.69 Å². The minimum atomic E-state index is -4.29. The first-order valence-electron chi connectivity index (χ1n) is 14.1. The lowest BCUT2D eigenvalue weighted by Crippen LogP contribution is -2.53. The molecule has 0 aliphatic heterocycles. The van der Waals surface area contributed by atoms with Crippen molar-refractivity contribution in [1.29, 1.82) is 0 Å². The maximum atomic E-state index is 14.2. The number of amides is 2. The normalized spacial score (nSPS) is 12.6. The molecular weight excluding hydrogens is 590 g/mol. The third-order valence-electron chi connectivity index (χ3n) is 7.23. The Labute approximate surface area is 259 Å². The summed E-state index contributed by atoms with van der Waals surface area (Å²) in [6, 6.07) is 17.2. The highest BCUT2D eigenvalue weighted by atomic mass is 35.5. The number of carbonyl (C=O) groups is 2. The van der Waals surface area contributed by atoms with Gasteiger partial charge in [0, 0.05) is 23.7 Å². The van der Waals surface area contributed by atoms with Crippen LogP contribution in [-0.2, 0) is 26.2 Å². The van der Waals surface area contributed by atoms with Crippen LogP contribution in [0.1, 0.15) is 44.7 Å². The van der Waals surface area contributed by atoms with Crippen LogP contribution in [0, 0.1) is 6.92 Å². The summed E-state index contributed by atoms with van der Waals surface area (Å²) in [4.78, 5) is 29.0. The second-order valence-electron chi connectivity index (χ2n) is 10.2. The van der Waals surface area contributed by atoms with Crippen LogP contribution >= 0.6 is 11.6 Å². The molecule has 0 bridgehead atoms. The molecule has 0 saturated carbocycles. The number of carbonyl (C=O) groups excluding carboxylic acids is 2. The van der Waals surface area contributed by atoms with E-state index in [1.54, 1.807) is 48.5 Å². The molecule has 0 heterocycles. The average molecular weight is 630 g/mol. The Morgan fingerprint density at radius 3 is 2.16 bits per heavy atom. The van der Waals surface area contributed by atoms with Crippen LogP contribution < -0.4 is 19.1 Å². The van der Waals surface area contributed by atoms with Crippen molar-refractivity contribution in [1.82, 2.24) is 10.2 Å². The van der Waals surface area contributed by atoms with Crippen molar-refractivity contribution >= 4 is 39.1 Å². The van der Waals surface area contributed by atoms with Crippen molar-refractivity contribution in [3.8, 4) is 11.5 Å². The number of aryl methyl sites for hydroxylation is 1. The molecule has 43 heavy (non-hydrogen) atoms. The predicted octanol–water partition coefficient (Wildman–Crippen LogP) is 5.58. The number of methoxy groups -OCH3 is 2. The van der Waals surface area contributed by atoms with Crippen molar-refractivity contribution in [2.75, 3.05) is 25.1 Å². The zero-order valence-electron chi connectivity index (χ0n) is 25.5. The highest BCUT2D eigenvalue weighted by Gasteiger charge is 2.34. The van der Waals surface area contributed by atoms with Crippen molar-refractivity contribution in [2.45, 2.75) is 64.1 Å². The van der Waals surface area contributed by atoms with E-state index in [-0.39, 0.29) is 29.1 Å². The zero-order chi connectivity index (χ0) is 31.7. The molecule has 0 aliphatic rings. The Hall–Kier alpha value is -3.76. The molecule has 1 N–H and O–H groups in total. The fourth-order valence-electron chi connectivity index (χ4n) is 4.51. The topological polar surface area (TPSA) is 105 Å². The van der Waals surface area contributed by atoms with E-state index >= 15 is 0 Å². The first-order chi connectivity index (χ1) is 20.5. The van der Waals surface area contributed by atoms with Gasteiger partial charge in [0.05, 0.1) is 24.8 Å². The number of nitrogens with zero attached hydrogens (tertiary/aromatic N) is 2. The van der Waals surface area contributed by atoms with E-state index in [9.17, 15) is 18.0 Å². The molecule has 9 nitrogen and oxygen atoms in total. The smallest absolute Gasteiger partial charge is 0.264 e. The summed E-state index contributed by atoms with van der Waals surface area (Å²) in [5, 5.41) is 3.40. The van der Waals surface area contributed by atoms with Gasteiger partial charge in [0.2, 0.25) is 11.8 Å². The Balaban J connectivity index is 2.10.